The molecule has 0 aromatic carbocycles. The molecule has 0 spiro atoms. The van der Waals surface area contributed by atoms with Crippen LogP contribution in [0.1, 0.15) is 26.2 Å². The molecule has 4 heteroatoms. The zero-order chi connectivity index (χ0) is 9.68. The Bertz CT molecular complexity index is 167. The number of hydrogen-bond acceptors (Lipinski definition) is 3. The number of nitrogens with one attached hydrogen (secondary N) is 1. The van der Waals surface area contributed by atoms with E-state index in [0.29, 0.717) is 13.2 Å². The van der Waals surface area contributed by atoms with Gasteiger partial charge in [0.05, 0.1) is 0 Å². The Morgan fingerprint density at radius 3 is 3.08 bits per heavy atom. The summed E-state index contributed by atoms with van der Waals surface area (Å²) in [5.41, 5.74) is 5.66. The van der Waals surface area contributed by atoms with E-state index in [1.54, 1.807) is 0 Å². The molecule has 1 saturated heterocycles. The van der Waals surface area contributed by atoms with E-state index in [9.17, 15) is 4.79 Å². The minimum atomic E-state index is -0.232. The van der Waals surface area contributed by atoms with Crippen molar-refractivity contribution >= 4 is 5.91 Å². The molecule has 76 valence electrons. The SMILES string of the molecule is CCC(N)CNC(=O)[C@@H]1CCCO1. The van der Waals surface area contributed by atoms with Gasteiger partial charge in [-0.1, -0.05) is 6.92 Å². The predicted octanol–water partition coefficient (Wildman–Crippen LogP) is 0.0189. The van der Waals surface area contributed by atoms with Gasteiger partial charge in [-0.05, 0) is 19.3 Å². The predicted molar refractivity (Wildman–Crippen MR) is 50.3 cm³/mol. The first-order valence-corrected chi connectivity index (χ1v) is 4.89. The summed E-state index contributed by atoms with van der Waals surface area (Å²) in [6.07, 6.45) is 2.47. The third kappa shape index (κ3) is 3.32. The zero-order valence-electron chi connectivity index (χ0n) is 8.08. The highest BCUT2D eigenvalue weighted by molar-refractivity contribution is 5.80. The molecule has 1 rings (SSSR count). The van der Waals surface area contributed by atoms with E-state index in [1.165, 1.54) is 0 Å². The normalized spacial score (nSPS) is 24.3. The highest BCUT2D eigenvalue weighted by Crippen LogP contribution is 2.11. The van der Waals surface area contributed by atoms with Gasteiger partial charge in [0.15, 0.2) is 0 Å². The zero-order valence-corrected chi connectivity index (χ0v) is 8.08. The van der Waals surface area contributed by atoms with E-state index in [4.69, 9.17) is 10.5 Å². The summed E-state index contributed by atoms with van der Waals surface area (Å²) in [4.78, 5) is 11.4. The smallest absolute Gasteiger partial charge is 0.249 e. The molecule has 13 heavy (non-hydrogen) atoms. The second-order valence-electron chi connectivity index (χ2n) is 3.42. The molecule has 1 aliphatic rings. The van der Waals surface area contributed by atoms with Gasteiger partial charge in [-0.15, -0.1) is 0 Å². The van der Waals surface area contributed by atoms with Crippen molar-refractivity contribution in [1.29, 1.82) is 0 Å². The third-order valence-corrected chi connectivity index (χ3v) is 2.28. The fourth-order valence-corrected chi connectivity index (χ4v) is 1.27. The van der Waals surface area contributed by atoms with Crippen LogP contribution < -0.4 is 11.1 Å². The van der Waals surface area contributed by atoms with Crippen LogP contribution in [0.15, 0.2) is 0 Å². The summed E-state index contributed by atoms with van der Waals surface area (Å²) in [6.45, 7) is 3.26. The minimum Gasteiger partial charge on any atom is -0.368 e. The van der Waals surface area contributed by atoms with Crippen molar-refractivity contribution in [3.8, 4) is 0 Å². The summed E-state index contributed by atoms with van der Waals surface area (Å²) < 4.78 is 5.23. The van der Waals surface area contributed by atoms with E-state index in [-0.39, 0.29) is 18.1 Å². The minimum absolute atomic E-state index is 0.0126. The number of amides is 1. The Morgan fingerprint density at radius 2 is 2.54 bits per heavy atom. The lowest BCUT2D eigenvalue weighted by Gasteiger charge is -2.13. The van der Waals surface area contributed by atoms with Gasteiger partial charge in [0.25, 0.3) is 0 Å². The van der Waals surface area contributed by atoms with E-state index in [2.05, 4.69) is 5.32 Å². The molecule has 0 aliphatic carbocycles. The van der Waals surface area contributed by atoms with Crippen LogP contribution in [-0.2, 0) is 9.53 Å². The molecule has 0 aromatic rings. The lowest BCUT2D eigenvalue weighted by Crippen LogP contribution is -2.41. The van der Waals surface area contributed by atoms with Crippen molar-refractivity contribution in [2.75, 3.05) is 13.2 Å². The molecule has 1 aliphatic heterocycles. The van der Waals surface area contributed by atoms with E-state index < -0.39 is 0 Å². The molecule has 3 N–H and O–H groups in total. The Morgan fingerprint density at radius 1 is 1.77 bits per heavy atom. The molecule has 0 saturated carbocycles. The largest absolute Gasteiger partial charge is 0.368 e. The maximum atomic E-state index is 11.4. The first-order chi connectivity index (χ1) is 6.24. The summed E-state index contributed by atoms with van der Waals surface area (Å²) in [5, 5.41) is 2.79. The quantitative estimate of drug-likeness (QED) is 0.650. The van der Waals surface area contributed by atoms with Gasteiger partial charge < -0.3 is 15.8 Å². The van der Waals surface area contributed by atoms with Crippen molar-refractivity contribution in [1.82, 2.24) is 5.32 Å². The van der Waals surface area contributed by atoms with Crippen LogP contribution >= 0.6 is 0 Å². The fraction of sp³-hybridized carbons (Fsp3) is 0.889. The van der Waals surface area contributed by atoms with E-state index in [0.717, 1.165) is 19.3 Å². The summed E-state index contributed by atoms with van der Waals surface area (Å²) >= 11 is 0. The average Bonchev–Trinajstić information content (AvgIpc) is 2.66. The van der Waals surface area contributed by atoms with Gasteiger partial charge in [0.1, 0.15) is 6.10 Å². The number of hydrogen-bond donors (Lipinski definition) is 2. The lowest BCUT2D eigenvalue weighted by molar-refractivity contribution is -0.130. The van der Waals surface area contributed by atoms with Crippen LogP contribution in [0, 0.1) is 0 Å². The molecule has 1 unspecified atom stereocenters. The van der Waals surface area contributed by atoms with Crippen molar-refractivity contribution in [3.63, 3.8) is 0 Å². The van der Waals surface area contributed by atoms with Crippen molar-refractivity contribution < 1.29 is 9.53 Å². The highest BCUT2D eigenvalue weighted by atomic mass is 16.5. The topological polar surface area (TPSA) is 64.3 Å². The molecule has 1 fully saturated rings. The van der Waals surface area contributed by atoms with Gasteiger partial charge >= 0.3 is 0 Å². The molecule has 2 atom stereocenters. The van der Waals surface area contributed by atoms with E-state index >= 15 is 0 Å². The summed E-state index contributed by atoms with van der Waals surface area (Å²) in [5.74, 6) is -0.0126. The van der Waals surface area contributed by atoms with Gasteiger partial charge in [0, 0.05) is 19.2 Å². The average molecular weight is 186 g/mol. The number of ether oxygens (including phenoxy) is 1. The summed E-state index contributed by atoms with van der Waals surface area (Å²) in [7, 11) is 0. The maximum Gasteiger partial charge on any atom is 0.249 e. The first kappa shape index (κ1) is 10.5. The Labute approximate surface area is 78.8 Å². The van der Waals surface area contributed by atoms with Crippen molar-refractivity contribution in [3.05, 3.63) is 0 Å². The Kier molecular flexibility index (Phi) is 4.18. The maximum absolute atomic E-state index is 11.4. The molecule has 0 radical (unpaired) electrons. The van der Waals surface area contributed by atoms with Gasteiger partial charge in [-0.25, -0.2) is 0 Å². The highest BCUT2D eigenvalue weighted by Gasteiger charge is 2.23. The van der Waals surface area contributed by atoms with Crippen LogP contribution in [0.5, 0.6) is 0 Å². The van der Waals surface area contributed by atoms with Crippen molar-refractivity contribution in [2.45, 2.75) is 38.3 Å². The second-order valence-corrected chi connectivity index (χ2v) is 3.42. The molecule has 0 aromatic heterocycles. The van der Waals surface area contributed by atoms with Crippen LogP contribution in [0.3, 0.4) is 0 Å². The third-order valence-electron chi connectivity index (χ3n) is 2.28. The lowest BCUT2D eigenvalue weighted by atomic mass is 10.2. The fourth-order valence-electron chi connectivity index (χ4n) is 1.27. The number of rotatable bonds is 4. The second kappa shape index (κ2) is 5.19. The molecule has 1 amide bonds. The number of carbonyl (C=O) groups is 1. The van der Waals surface area contributed by atoms with Gasteiger partial charge in [-0.3, -0.25) is 4.79 Å². The molecular weight excluding hydrogens is 168 g/mol. The van der Waals surface area contributed by atoms with E-state index in [1.807, 2.05) is 6.92 Å². The molecular formula is C9H18N2O2. The van der Waals surface area contributed by atoms with Gasteiger partial charge in [-0.2, -0.15) is 0 Å². The number of carbonyl (C=O) groups excluding carboxylic acids is 1. The van der Waals surface area contributed by atoms with Crippen LogP contribution in [0.2, 0.25) is 0 Å². The molecule has 0 bridgehead atoms. The first-order valence-electron chi connectivity index (χ1n) is 4.89. The molecule has 1 heterocycles. The van der Waals surface area contributed by atoms with Gasteiger partial charge in [0.2, 0.25) is 5.91 Å². The van der Waals surface area contributed by atoms with Crippen LogP contribution in [0.4, 0.5) is 0 Å². The molecule has 4 nitrogen and oxygen atoms in total. The summed E-state index contributed by atoms with van der Waals surface area (Å²) in [6, 6.07) is 0.0605. The standard InChI is InChI=1S/C9H18N2O2/c1-2-7(10)6-11-9(12)8-4-3-5-13-8/h7-8H,2-6,10H2,1H3,(H,11,12)/t7?,8-/m0/s1. The van der Waals surface area contributed by atoms with Crippen LogP contribution in [-0.4, -0.2) is 31.2 Å². The Hall–Kier alpha value is -0.610. The Balaban J connectivity index is 2.16. The van der Waals surface area contributed by atoms with Crippen molar-refractivity contribution in [2.24, 2.45) is 5.73 Å². The monoisotopic (exact) mass is 186 g/mol. The number of nitrogens with two attached hydrogens (primary N) is 1. The van der Waals surface area contributed by atoms with Crippen LogP contribution in [0.25, 0.3) is 0 Å².